The Morgan fingerprint density at radius 2 is 1.29 bits per heavy atom. The smallest absolute Gasteiger partial charge is 0.345 e. The third kappa shape index (κ3) is 3.17. The number of hydrogen-bond donors (Lipinski definition) is 0. The fourth-order valence-corrected chi connectivity index (χ4v) is 4.86. The lowest BCUT2D eigenvalue weighted by atomic mass is 10.4. The van der Waals surface area contributed by atoms with Crippen molar-refractivity contribution in [2.75, 3.05) is 6.54 Å². The van der Waals surface area contributed by atoms with Crippen LogP contribution in [0.2, 0.25) is 0 Å². The first-order valence-corrected chi connectivity index (χ1v) is 8.01. The highest BCUT2D eigenvalue weighted by molar-refractivity contribution is 8.09. The monoisotopic (exact) mass is 359 g/mol. The Balaban J connectivity index is 3.54. The Hall–Kier alpha value is -1.24. The van der Waals surface area contributed by atoms with Crippen molar-refractivity contribution < 1.29 is 43.2 Å². The Morgan fingerprint density at radius 3 is 1.57 bits per heavy atom. The fourth-order valence-electron chi connectivity index (χ4n) is 1.39. The summed E-state index contributed by atoms with van der Waals surface area (Å²) in [5.74, 6) is 0. The Morgan fingerprint density at radius 1 is 0.857 bits per heavy atom. The molecule has 0 saturated heterocycles. The molecule has 0 unspecified atom stereocenters. The first-order chi connectivity index (χ1) is 9.23. The van der Waals surface area contributed by atoms with Crippen molar-refractivity contribution in [2.45, 2.75) is 15.7 Å². The van der Waals surface area contributed by atoms with E-state index in [1.807, 2.05) is 0 Å². The molecular formula is C8H7F6NO4S2. The van der Waals surface area contributed by atoms with Crippen LogP contribution in [-0.2, 0) is 19.7 Å². The third-order valence-corrected chi connectivity index (χ3v) is 6.70. The molecule has 21 heavy (non-hydrogen) atoms. The summed E-state index contributed by atoms with van der Waals surface area (Å²) < 4.78 is 116. The van der Waals surface area contributed by atoms with Gasteiger partial charge in [-0.25, -0.2) is 16.8 Å². The van der Waals surface area contributed by atoms with Crippen LogP contribution < -0.4 is 0 Å². The number of alkyl halides is 6. The molecule has 0 radical (unpaired) electrons. The number of halogens is 6. The van der Waals surface area contributed by atoms with Gasteiger partial charge in [0.05, 0.1) is 0 Å². The van der Waals surface area contributed by atoms with E-state index in [1.165, 1.54) is 6.08 Å². The maximum absolute atomic E-state index is 12.5. The molecule has 1 heterocycles. The summed E-state index contributed by atoms with van der Waals surface area (Å²) in [5.41, 5.74) is -12.3. The molecule has 1 rings (SSSR count). The molecule has 0 aromatic rings. The fraction of sp³-hybridized carbons (Fsp3) is 0.500. The first kappa shape index (κ1) is 17.8. The Bertz CT molecular complexity index is 614. The van der Waals surface area contributed by atoms with Crippen LogP contribution in [0, 0.1) is 0 Å². The van der Waals surface area contributed by atoms with Crippen LogP contribution in [-0.4, -0.2) is 44.0 Å². The van der Waals surface area contributed by atoms with Crippen LogP contribution in [0.3, 0.4) is 0 Å². The van der Waals surface area contributed by atoms with E-state index in [-0.39, 0.29) is 4.90 Å². The lowest BCUT2D eigenvalue weighted by Crippen LogP contribution is -2.53. The van der Waals surface area contributed by atoms with Gasteiger partial charge in [-0.1, -0.05) is 12.2 Å². The molecule has 1 aliphatic heterocycles. The molecule has 0 spiro atoms. The van der Waals surface area contributed by atoms with Crippen molar-refractivity contribution in [3.63, 3.8) is 0 Å². The summed E-state index contributed by atoms with van der Waals surface area (Å²) in [4.78, 5) is -0.0638. The largest absolute Gasteiger partial charge is 0.500 e. The van der Waals surface area contributed by atoms with Gasteiger partial charge < -0.3 is 4.90 Å². The third-order valence-electron chi connectivity index (χ3n) is 2.29. The molecule has 0 bridgehead atoms. The molecule has 13 heteroatoms. The molecule has 1 aliphatic rings. The van der Waals surface area contributed by atoms with E-state index >= 15 is 0 Å². The molecular weight excluding hydrogens is 352 g/mol. The first-order valence-electron chi connectivity index (χ1n) is 4.92. The minimum Gasteiger partial charge on any atom is -0.345 e. The summed E-state index contributed by atoms with van der Waals surface area (Å²) in [7, 11) is -13.3. The minimum absolute atomic E-state index is 0.0638. The van der Waals surface area contributed by atoms with E-state index < -0.39 is 41.9 Å². The average molecular weight is 359 g/mol. The van der Waals surface area contributed by atoms with E-state index in [1.54, 1.807) is 0 Å². The predicted octanol–water partition coefficient (Wildman–Crippen LogP) is 1.52. The van der Waals surface area contributed by atoms with Crippen molar-refractivity contribution in [2.24, 2.45) is 0 Å². The normalized spacial score (nSPS) is 17.6. The lowest BCUT2D eigenvalue weighted by molar-refractivity contribution is -0.0490. The number of hydrogen-bond acceptors (Lipinski definition) is 5. The minimum atomic E-state index is -6.65. The number of rotatable bonds is 3. The maximum atomic E-state index is 12.5. The molecule has 0 saturated carbocycles. The standard InChI is InChI=1S/C8H7F6NO4S2/c9-7(10,11)20(16,17)6(15-4-2-1-3-5-15)21(18,19)8(12,13)14/h1-4,6H,5H2. The van der Waals surface area contributed by atoms with Crippen LogP contribution in [0.1, 0.15) is 0 Å². The second-order valence-corrected chi connectivity index (χ2v) is 8.05. The van der Waals surface area contributed by atoms with Gasteiger partial charge >= 0.3 is 11.0 Å². The van der Waals surface area contributed by atoms with Crippen LogP contribution in [0.25, 0.3) is 0 Å². The van der Waals surface area contributed by atoms with Gasteiger partial charge in [-0.05, 0) is 6.08 Å². The van der Waals surface area contributed by atoms with Crippen molar-refractivity contribution in [3.8, 4) is 0 Å². The summed E-state index contributed by atoms with van der Waals surface area (Å²) in [6.45, 7) is -0.744. The SMILES string of the molecule is O=S(=O)(C(N1C=CC=CC1)S(=O)(=O)C(F)(F)F)C(F)(F)F. The number of allylic oxidation sites excluding steroid dienone is 2. The second kappa shape index (κ2) is 5.19. The van der Waals surface area contributed by atoms with E-state index in [9.17, 15) is 43.2 Å². The molecule has 0 aromatic heterocycles. The molecule has 0 fully saturated rings. The van der Waals surface area contributed by atoms with E-state index in [0.29, 0.717) is 6.20 Å². The van der Waals surface area contributed by atoms with E-state index in [0.717, 1.165) is 12.2 Å². The van der Waals surface area contributed by atoms with Gasteiger partial charge in [0.1, 0.15) is 0 Å². The van der Waals surface area contributed by atoms with Crippen molar-refractivity contribution in [1.82, 2.24) is 4.90 Å². The highest BCUT2D eigenvalue weighted by atomic mass is 32.3. The molecule has 0 aliphatic carbocycles. The molecule has 0 amide bonds. The van der Waals surface area contributed by atoms with Crippen molar-refractivity contribution >= 4 is 19.7 Å². The zero-order valence-corrected chi connectivity index (χ0v) is 11.4. The average Bonchev–Trinajstić information content (AvgIpc) is 2.26. The number of sulfone groups is 2. The van der Waals surface area contributed by atoms with Crippen LogP contribution >= 0.6 is 0 Å². The molecule has 0 N–H and O–H groups in total. The van der Waals surface area contributed by atoms with Gasteiger partial charge in [0.2, 0.25) is 0 Å². The van der Waals surface area contributed by atoms with Gasteiger partial charge in [0, 0.05) is 12.7 Å². The summed E-state index contributed by atoms with van der Waals surface area (Å²) in [6, 6.07) is 0. The van der Waals surface area contributed by atoms with Crippen LogP contribution in [0.15, 0.2) is 24.4 Å². The Labute approximate surface area is 115 Å². The van der Waals surface area contributed by atoms with Gasteiger partial charge in [-0.2, -0.15) is 26.3 Å². The van der Waals surface area contributed by atoms with E-state index in [2.05, 4.69) is 0 Å². The maximum Gasteiger partial charge on any atom is 0.500 e. The highest BCUT2D eigenvalue weighted by Gasteiger charge is 2.64. The molecule has 0 aromatic carbocycles. The molecule has 5 nitrogen and oxygen atoms in total. The highest BCUT2D eigenvalue weighted by Crippen LogP contribution is 2.38. The van der Waals surface area contributed by atoms with E-state index in [4.69, 9.17) is 0 Å². The van der Waals surface area contributed by atoms with Crippen LogP contribution in [0.4, 0.5) is 26.3 Å². The lowest BCUT2D eigenvalue weighted by Gasteiger charge is -2.30. The van der Waals surface area contributed by atoms with Gasteiger partial charge in [-0.3, -0.25) is 0 Å². The summed E-state index contributed by atoms with van der Waals surface area (Å²) in [5, 5.41) is 0. The Kier molecular flexibility index (Phi) is 4.40. The zero-order chi connectivity index (χ0) is 16.7. The van der Waals surface area contributed by atoms with Gasteiger partial charge in [0.25, 0.3) is 24.4 Å². The summed E-state index contributed by atoms with van der Waals surface area (Å²) in [6.07, 6.45) is 3.64. The molecule has 122 valence electrons. The van der Waals surface area contributed by atoms with Gasteiger partial charge in [0.15, 0.2) is 0 Å². The zero-order valence-electron chi connectivity index (χ0n) is 9.76. The van der Waals surface area contributed by atoms with Crippen molar-refractivity contribution in [1.29, 1.82) is 0 Å². The van der Waals surface area contributed by atoms with Crippen molar-refractivity contribution in [3.05, 3.63) is 24.4 Å². The second-order valence-electron chi connectivity index (χ2n) is 3.76. The van der Waals surface area contributed by atoms with Crippen LogP contribution in [0.5, 0.6) is 0 Å². The number of nitrogens with zero attached hydrogens (tertiary/aromatic N) is 1. The predicted molar refractivity (Wildman–Crippen MR) is 58.7 cm³/mol. The van der Waals surface area contributed by atoms with Gasteiger partial charge in [-0.15, -0.1) is 0 Å². The molecule has 0 atom stereocenters. The topological polar surface area (TPSA) is 71.5 Å². The summed E-state index contributed by atoms with van der Waals surface area (Å²) >= 11 is 0. The quantitative estimate of drug-likeness (QED) is 0.715.